The summed E-state index contributed by atoms with van der Waals surface area (Å²) in [6.07, 6.45) is -3.37. The molecule has 2 heterocycles. The molecule has 0 aliphatic rings. The number of rotatable bonds is 2. The number of carbonyl (C=O) groups is 1. The normalized spacial score (nSPS) is 10.7. The molecule has 0 spiro atoms. The van der Waals surface area contributed by atoms with E-state index in [0.29, 0.717) is 0 Å². The van der Waals surface area contributed by atoms with Crippen LogP contribution in [-0.4, -0.2) is 32.4 Å². The first-order valence-corrected chi connectivity index (χ1v) is 6.87. The van der Waals surface area contributed by atoms with Crippen molar-refractivity contribution in [3.8, 4) is 22.5 Å². The van der Waals surface area contributed by atoms with E-state index < -0.39 is 12.1 Å². The van der Waals surface area contributed by atoms with Gasteiger partial charge in [-0.1, -0.05) is 24.3 Å². The summed E-state index contributed by atoms with van der Waals surface area (Å²) in [5.41, 5.74) is 3.67. The molecule has 0 atom stereocenters. The summed E-state index contributed by atoms with van der Waals surface area (Å²) in [5.74, 6) is -2.76. The van der Waals surface area contributed by atoms with Crippen LogP contribution in [0.15, 0.2) is 59.5 Å². The van der Waals surface area contributed by atoms with Crippen molar-refractivity contribution in [3.05, 3.63) is 65.1 Å². The van der Waals surface area contributed by atoms with Crippen LogP contribution in [0.5, 0.6) is 0 Å². The number of pyridine rings is 1. The van der Waals surface area contributed by atoms with Crippen LogP contribution in [0.2, 0.25) is 0 Å². The maximum absolute atomic E-state index is 11.3. The smallest absolute Gasteiger partial charge is 0.475 e. The third-order valence-electron chi connectivity index (χ3n) is 3.00. The predicted octanol–water partition coefficient (Wildman–Crippen LogP) is 3.07. The largest absolute Gasteiger partial charge is 0.490 e. The molecule has 0 aliphatic carbocycles. The fraction of sp³-hybridized carbons (Fsp3) is 0.0625. The second-order valence-corrected chi connectivity index (χ2v) is 4.78. The van der Waals surface area contributed by atoms with Crippen molar-refractivity contribution in [3.63, 3.8) is 0 Å². The molecule has 0 aliphatic heterocycles. The van der Waals surface area contributed by atoms with Gasteiger partial charge in [0.1, 0.15) is 0 Å². The molecule has 3 N–H and O–H groups in total. The molecular weight excluding hydrogens is 339 g/mol. The quantitative estimate of drug-likeness (QED) is 0.661. The molecule has 0 saturated heterocycles. The average molecular weight is 351 g/mol. The number of carboxylic acids is 1. The average Bonchev–Trinajstić information content (AvgIpc) is 3.09. The molecule has 0 unspecified atom stereocenters. The number of halogens is 3. The Labute approximate surface area is 139 Å². The highest BCUT2D eigenvalue weighted by molar-refractivity contribution is 5.73. The Morgan fingerprint density at radius 3 is 2.12 bits per heavy atom. The molecule has 0 amide bonds. The lowest BCUT2D eigenvalue weighted by Gasteiger charge is -2.03. The van der Waals surface area contributed by atoms with E-state index in [2.05, 4.69) is 15.2 Å². The fourth-order valence-electron chi connectivity index (χ4n) is 1.89. The molecule has 0 saturated carbocycles. The first-order chi connectivity index (χ1) is 11.8. The number of hydrogen-bond acceptors (Lipinski definition) is 3. The molecule has 25 heavy (non-hydrogen) atoms. The SMILES string of the molecule is O=C(O)C(F)(F)F.O=c1cccc(-c2cccc(-c3ccn[nH]3)c2)[nH]1. The third-order valence-corrected chi connectivity index (χ3v) is 3.00. The molecule has 130 valence electrons. The summed E-state index contributed by atoms with van der Waals surface area (Å²) in [7, 11) is 0. The van der Waals surface area contributed by atoms with Gasteiger partial charge in [-0.15, -0.1) is 0 Å². The van der Waals surface area contributed by atoms with Crippen LogP contribution < -0.4 is 5.56 Å². The van der Waals surface area contributed by atoms with E-state index in [9.17, 15) is 18.0 Å². The van der Waals surface area contributed by atoms with Crippen molar-refractivity contribution in [2.24, 2.45) is 0 Å². The van der Waals surface area contributed by atoms with Crippen molar-refractivity contribution in [2.75, 3.05) is 0 Å². The van der Waals surface area contributed by atoms with Gasteiger partial charge in [0.15, 0.2) is 0 Å². The standard InChI is InChI=1S/C14H11N3O.C2HF3O2/c18-14-6-2-5-12(16-14)10-3-1-4-11(9-10)13-7-8-15-17-13;3-2(4,5)1(6)7/h1-9H,(H,15,17)(H,16,18);(H,6,7). The molecule has 2 aromatic heterocycles. The summed E-state index contributed by atoms with van der Waals surface area (Å²) in [4.78, 5) is 23.0. The van der Waals surface area contributed by atoms with Gasteiger partial charge in [-0.3, -0.25) is 9.89 Å². The van der Waals surface area contributed by atoms with Gasteiger partial charge in [-0.05, 0) is 23.8 Å². The second kappa shape index (κ2) is 7.47. The Balaban J connectivity index is 0.000000277. The van der Waals surface area contributed by atoms with Crippen LogP contribution in [0, 0.1) is 0 Å². The molecule has 1 aromatic carbocycles. The second-order valence-electron chi connectivity index (χ2n) is 4.78. The number of nitrogens with zero attached hydrogens (tertiary/aromatic N) is 1. The molecule has 0 radical (unpaired) electrons. The van der Waals surface area contributed by atoms with Crippen molar-refractivity contribution in [1.82, 2.24) is 15.2 Å². The van der Waals surface area contributed by atoms with Gasteiger partial charge in [0.25, 0.3) is 0 Å². The number of alkyl halides is 3. The molecule has 3 aromatic rings. The van der Waals surface area contributed by atoms with Gasteiger partial charge < -0.3 is 10.1 Å². The molecule has 0 bridgehead atoms. The first kappa shape index (κ1) is 18.0. The number of hydrogen-bond donors (Lipinski definition) is 3. The van der Waals surface area contributed by atoms with Crippen molar-refractivity contribution in [2.45, 2.75) is 6.18 Å². The summed E-state index contributed by atoms with van der Waals surface area (Å²) in [6.45, 7) is 0. The number of benzene rings is 1. The molecule has 0 fully saturated rings. The van der Waals surface area contributed by atoms with Gasteiger partial charge in [0.05, 0.1) is 5.69 Å². The van der Waals surface area contributed by atoms with E-state index in [0.717, 1.165) is 22.5 Å². The Morgan fingerprint density at radius 1 is 1.00 bits per heavy atom. The summed E-state index contributed by atoms with van der Waals surface area (Å²) < 4.78 is 31.7. The highest BCUT2D eigenvalue weighted by Gasteiger charge is 2.38. The molecule has 3 rings (SSSR count). The molecule has 9 heteroatoms. The van der Waals surface area contributed by atoms with Crippen LogP contribution in [0.25, 0.3) is 22.5 Å². The lowest BCUT2D eigenvalue weighted by molar-refractivity contribution is -0.192. The van der Waals surface area contributed by atoms with Crippen LogP contribution in [0.1, 0.15) is 0 Å². The highest BCUT2D eigenvalue weighted by Crippen LogP contribution is 2.23. The topological polar surface area (TPSA) is 98.8 Å². The lowest BCUT2D eigenvalue weighted by atomic mass is 10.1. The van der Waals surface area contributed by atoms with Crippen LogP contribution in [0.3, 0.4) is 0 Å². The first-order valence-electron chi connectivity index (χ1n) is 6.87. The zero-order valence-corrected chi connectivity index (χ0v) is 12.5. The van der Waals surface area contributed by atoms with Gasteiger partial charge >= 0.3 is 12.1 Å². The van der Waals surface area contributed by atoms with E-state index in [1.54, 1.807) is 12.3 Å². The Bertz CT molecular complexity index is 902. The van der Waals surface area contributed by atoms with E-state index in [4.69, 9.17) is 9.90 Å². The zero-order chi connectivity index (χ0) is 18.4. The van der Waals surface area contributed by atoms with E-state index >= 15 is 0 Å². The summed E-state index contributed by atoms with van der Waals surface area (Å²) >= 11 is 0. The zero-order valence-electron chi connectivity index (χ0n) is 12.5. The van der Waals surface area contributed by atoms with Crippen LogP contribution in [0.4, 0.5) is 13.2 Å². The van der Waals surface area contributed by atoms with E-state index in [1.165, 1.54) is 6.07 Å². The number of nitrogens with one attached hydrogen (secondary N) is 2. The third kappa shape index (κ3) is 5.06. The Morgan fingerprint density at radius 2 is 1.60 bits per heavy atom. The Hall–Kier alpha value is -3.36. The van der Waals surface area contributed by atoms with E-state index in [-0.39, 0.29) is 5.56 Å². The fourth-order valence-corrected chi connectivity index (χ4v) is 1.89. The molecular formula is C16H12F3N3O3. The van der Waals surface area contributed by atoms with Gasteiger partial charge in [0, 0.05) is 23.5 Å². The highest BCUT2D eigenvalue weighted by atomic mass is 19.4. The van der Waals surface area contributed by atoms with Crippen LogP contribution in [-0.2, 0) is 4.79 Å². The minimum Gasteiger partial charge on any atom is -0.475 e. The van der Waals surface area contributed by atoms with Crippen molar-refractivity contribution in [1.29, 1.82) is 0 Å². The number of carboxylic acid groups (broad SMARTS) is 1. The van der Waals surface area contributed by atoms with Crippen LogP contribution >= 0.6 is 0 Å². The lowest BCUT2D eigenvalue weighted by Crippen LogP contribution is -2.21. The van der Waals surface area contributed by atoms with Gasteiger partial charge in [-0.2, -0.15) is 18.3 Å². The summed E-state index contributed by atoms with van der Waals surface area (Å²) in [5, 5.41) is 14.0. The number of aromatic amines is 2. The molecule has 6 nitrogen and oxygen atoms in total. The number of H-pyrrole nitrogens is 2. The predicted molar refractivity (Wildman–Crippen MR) is 83.8 cm³/mol. The maximum Gasteiger partial charge on any atom is 0.490 e. The number of aromatic nitrogens is 3. The number of aliphatic carboxylic acids is 1. The van der Waals surface area contributed by atoms with Crippen molar-refractivity contribution < 1.29 is 23.1 Å². The maximum atomic E-state index is 11.3. The minimum absolute atomic E-state index is 0.0977. The van der Waals surface area contributed by atoms with Gasteiger partial charge in [0.2, 0.25) is 5.56 Å². The Kier molecular flexibility index (Phi) is 5.38. The van der Waals surface area contributed by atoms with Gasteiger partial charge in [-0.25, -0.2) is 4.79 Å². The monoisotopic (exact) mass is 351 g/mol. The minimum atomic E-state index is -5.08. The van der Waals surface area contributed by atoms with Crippen molar-refractivity contribution >= 4 is 5.97 Å². The summed E-state index contributed by atoms with van der Waals surface area (Å²) in [6, 6.07) is 15.0. The van der Waals surface area contributed by atoms with E-state index in [1.807, 2.05) is 36.4 Å².